The molecule has 0 saturated carbocycles. The van der Waals surface area contributed by atoms with Gasteiger partial charge in [-0.3, -0.25) is 5.41 Å². The van der Waals surface area contributed by atoms with E-state index in [0.717, 1.165) is 0 Å². The second-order valence-electron chi connectivity index (χ2n) is 7.63. The lowest BCUT2D eigenvalue weighted by atomic mass is 9.53. The number of halogens is 2. The molecule has 2 aliphatic rings. The van der Waals surface area contributed by atoms with E-state index in [1.54, 1.807) is 31.2 Å². The first-order valence-electron chi connectivity index (χ1n) is 9.41. The number of nitrogens with one attached hydrogen (secondary N) is 1. The van der Waals surface area contributed by atoms with Gasteiger partial charge >= 0.3 is 0 Å². The fraction of sp³-hybridized carbons (Fsp3) is 0.261. The highest BCUT2D eigenvalue weighted by atomic mass is 35.5. The van der Waals surface area contributed by atoms with Crippen molar-refractivity contribution >= 4 is 29.1 Å². The molecule has 156 valence electrons. The molecule has 4 atom stereocenters. The van der Waals surface area contributed by atoms with Crippen LogP contribution in [0.5, 0.6) is 0 Å². The third-order valence-corrected chi connectivity index (χ3v) is 6.87. The van der Waals surface area contributed by atoms with E-state index < -0.39 is 34.5 Å². The van der Waals surface area contributed by atoms with Crippen molar-refractivity contribution < 1.29 is 9.47 Å². The van der Waals surface area contributed by atoms with Gasteiger partial charge in [0.15, 0.2) is 5.41 Å². The zero-order valence-electron chi connectivity index (χ0n) is 16.6. The second-order valence-corrected chi connectivity index (χ2v) is 8.47. The molecular formula is C23H13Cl2N5O2. The van der Waals surface area contributed by atoms with Crippen molar-refractivity contribution in [1.82, 2.24) is 0 Å². The van der Waals surface area contributed by atoms with E-state index in [2.05, 4.69) is 6.07 Å². The summed E-state index contributed by atoms with van der Waals surface area (Å²) in [7, 11) is 0. The lowest BCUT2D eigenvalue weighted by molar-refractivity contribution is -0.288. The molecule has 2 saturated heterocycles. The predicted octanol–water partition coefficient (Wildman–Crippen LogP) is 4.98. The number of hydrogen-bond donors (Lipinski definition) is 1. The summed E-state index contributed by atoms with van der Waals surface area (Å²) in [5.74, 6) is -3.21. The van der Waals surface area contributed by atoms with Crippen LogP contribution in [0.25, 0.3) is 0 Å². The topological polar surface area (TPSA) is 137 Å². The molecule has 9 heteroatoms. The van der Waals surface area contributed by atoms with E-state index in [0.29, 0.717) is 21.7 Å². The SMILES string of the molecule is CC1C2(c3ccc(Cl)cc3Cl)OC(=N)C1(C#N)C(C#N)(C#N)C(c1ccc(C#N)cc1)O2. The van der Waals surface area contributed by atoms with E-state index in [1.807, 2.05) is 18.2 Å². The van der Waals surface area contributed by atoms with Crippen LogP contribution < -0.4 is 0 Å². The number of fused-ring (bicyclic) bond motifs is 2. The standard InChI is InChI=1S/C23H13Cl2N5O2/c1-13-22(12-29)20(30)32-23(13,17-7-6-16(24)8-18(17)25)31-19(21(22,10-27)11-28)15-4-2-14(9-26)3-5-15/h2-8,13,19,30H,1H3. The maximum Gasteiger partial charge on any atom is 0.245 e. The van der Waals surface area contributed by atoms with Crippen molar-refractivity contribution in [3.8, 4) is 24.3 Å². The van der Waals surface area contributed by atoms with Crippen LogP contribution in [0.3, 0.4) is 0 Å². The molecule has 2 fully saturated rings. The summed E-state index contributed by atoms with van der Waals surface area (Å²) in [5.41, 5.74) is -2.98. The van der Waals surface area contributed by atoms with Crippen molar-refractivity contribution in [2.45, 2.75) is 18.8 Å². The van der Waals surface area contributed by atoms with Gasteiger partial charge in [0.25, 0.3) is 0 Å². The highest BCUT2D eigenvalue weighted by Gasteiger charge is 2.80. The van der Waals surface area contributed by atoms with Gasteiger partial charge in [-0.25, -0.2) is 0 Å². The number of rotatable bonds is 2. The highest BCUT2D eigenvalue weighted by molar-refractivity contribution is 6.35. The monoisotopic (exact) mass is 461 g/mol. The van der Waals surface area contributed by atoms with Crippen molar-refractivity contribution in [2.24, 2.45) is 16.7 Å². The largest absolute Gasteiger partial charge is 0.443 e. The Hall–Kier alpha value is -3.59. The van der Waals surface area contributed by atoms with Gasteiger partial charge < -0.3 is 9.47 Å². The number of nitriles is 4. The zero-order chi connectivity index (χ0) is 23.3. The molecular weight excluding hydrogens is 449 g/mol. The summed E-state index contributed by atoms with van der Waals surface area (Å²) in [5, 5.41) is 49.0. The average molecular weight is 462 g/mol. The summed E-state index contributed by atoms with van der Waals surface area (Å²) in [6.45, 7) is 1.59. The normalized spacial score (nSPS) is 29.7. The third-order valence-electron chi connectivity index (χ3n) is 6.32. The average Bonchev–Trinajstić information content (AvgIpc) is 2.95. The van der Waals surface area contributed by atoms with Gasteiger partial charge in [-0.05, 0) is 35.9 Å². The van der Waals surface area contributed by atoms with E-state index in [1.165, 1.54) is 18.2 Å². The maximum atomic E-state index is 10.3. The van der Waals surface area contributed by atoms with Crippen molar-refractivity contribution in [3.05, 3.63) is 69.2 Å². The zero-order valence-corrected chi connectivity index (χ0v) is 18.1. The molecule has 0 aliphatic carbocycles. The van der Waals surface area contributed by atoms with Crippen LogP contribution >= 0.6 is 23.2 Å². The molecule has 4 unspecified atom stereocenters. The number of nitrogens with zero attached hydrogens (tertiary/aromatic N) is 4. The molecule has 2 aromatic carbocycles. The first-order chi connectivity index (χ1) is 15.3. The smallest absolute Gasteiger partial charge is 0.245 e. The minimum Gasteiger partial charge on any atom is -0.443 e. The molecule has 0 radical (unpaired) electrons. The van der Waals surface area contributed by atoms with Gasteiger partial charge in [-0.2, -0.15) is 21.0 Å². The molecule has 7 nitrogen and oxygen atoms in total. The lowest BCUT2D eigenvalue weighted by Crippen LogP contribution is -2.57. The quantitative estimate of drug-likeness (QED) is 0.668. The molecule has 0 aromatic heterocycles. The summed E-state index contributed by atoms with van der Waals surface area (Å²) >= 11 is 12.5. The fourth-order valence-electron chi connectivity index (χ4n) is 4.65. The maximum absolute atomic E-state index is 10.3. The van der Waals surface area contributed by atoms with Crippen LogP contribution in [0.15, 0.2) is 42.5 Å². The Morgan fingerprint density at radius 3 is 2.16 bits per heavy atom. The Balaban J connectivity index is 2.04. The van der Waals surface area contributed by atoms with Crippen molar-refractivity contribution in [1.29, 1.82) is 26.5 Å². The fourth-order valence-corrected chi connectivity index (χ4v) is 5.19. The lowest BCUT2D eigenvalue weighted by Gasteiger charge is -2.49. The van der Waals surface area contributed by atoms with Gasteiger partial charge in [0.1, 0.15) is 6.10 Å². The van der Waals surface area contributed by atoms with Crippen LogP contribution in [0, 0.1) is 67.5 Å². The summed E-state index contributed by atoms with van der Waals surface area (Å²) in [6.07, 6.45) is -1.28. The van der Waals surface area contributed by atoms with Crippen molar-refractivity contribution in [3.63, 3.8) is 0 Å². The van der Waals surface area contributed by atoms with E-state index in [4.69, 9.17) is 43.3 Å². The summed E-state index contributed by atoms with van der Waals surface area (Å²) < 4.78 is 12.3. The summed E-state index contributed by atoms with van der Waals surface area (Å²) in [4.78, 5) is 0. The van der Waals surface area contributed by atoms with Crippen LogP contribution in [-0.2, 0) is 15.3 Å². The minimum atomic E-state index is -2.11. The van der Waals surface area contributed by atoms with Gasteiger partial charge in [0.2, 0.25) is 17.1 Å². The first-order valence-corrected chi connectivity index (χ1v) is 10.2. The van der Waals surface area contributed by atoms with E-state index in [9.17, 15) is 15.8 Å². The molecule has 2 aromatic rings. The Morgan fingerprint density at radius 2 is 1.62 bits per heavy atom. The van der Waals surface area contributed by atoms with E-state index in [-0.39, 0.29) is 5.02 Å². The van der Waals surface area contributed by atoms with Crippen LogP contribution in [0.4, 0.5) is 0 Å². The van der Waals surface area contributed by atoms with Crippen LogP contribution in [-0.4, -0.2) is 5.90 Å². The second kappa shape index (κ2) is 7.23. The molecule has 0 spiro atoms. The van der Waals surface area contributed by atoms with Gasteiger partial charge in [0, 0.05) is 10.6 Å². The Bertz CT molecular complexity index is 1300. The summed E-state index contributed by atoms with van der Waals surface area (Å²) in [6, 6.07) is 18.8. The van der Waals surface area contributed by atoms with Crippen LogP contribution in [0.1, 0.15) is 29.7 Å². The highest BCUT2D eigenvalue weighted by Crippen LogP contribution is 2.69. The molecule has 2 heterocycles. The molecule has 32 heavy (non-hydrogen) atoms. The number of benzene rings is 2. The van der Waals surface area contributed by atoms with Gasteiger partial charge in [0.05, 0.1) is 40.8 Å². The Morgan fingerprint density at radius 1 is 0.969 bits per heavy atom. The van der Waals surface area contributed by atoms with Gasteiger partial charge in [-0.1, -0.05) is 42.3 Å². The molecule has 1 N–H and O–H groups in total. The minimum absolute atomic E-state index is 0.186. The number of ether oxygens (including phenoxy) is 2. The van der Waals surface area contributed by atoms with Gasteiger partial charge in [-0.15, -0.1) is 0 Å². The Kier molecular flexibility index (Phi) is 4.89. The molecule has 2 bridgehead atoms. The predicted molar refractivity (Wildman–Crippen MR) is 113 cm³/mol. The number of hydrogen-bond acceptors (Lipinski definition) is 7. The Labute approximate surface area is 194 Å². The molecule has 0 amide bonds. The first kappa shape index (κ1) is 21.6. The molecule has 4 rings (SSSR count). The van der Waals surface area contributed by atoms with E-state index >= 15 is 0 Å². The van der Waals surface area contributed by atoms with Crippen LogP contribution in [0.2, 0.25) is 10.0 Å². The third kappa shape index (κ3) is 2.45. The van der Waals surface area contributed by atoms with Crippen molar-refractivity contribution in [2.75, 3.05) is 0 Å². The molecule has 2 aliphatic heterocycles.